The quantitative estimate of drug-likeness (QED) is 0.826. The van der Waals surface area contributed by atoms with Crippen LogP contribution in [0.5, 0.6) is 0 Å². The van der Waals surface area contributed by atoms with E-state index in [9.17, 15) is 4.79 Å². The minimum Gasteiger partial charge on any atom is -0.381 e. The molecule has 0 bridgehead atoms. The number of carbonyl (C=O) groups excluding carboxylic acids is 1. The van der Waals surface area contributed by atoms with E-state index in [0.717, 1.165) is 43.9 Å². The van der Waals surface area contributed by atoms with E-state index >= 15 is 0 Å². The predicted octanol–water partition coefficient (Wildman–Crippen LogP) is 3.41. The molecule has 0 spiro atoms. The molecule has 0 atom stereocenters. The van der Waals surface area contributed by atoms with Gasteiger partial charge in [0.05, 0.1) is 6.42 Å². The van der Waals surface area contributed by atoms with E-state index in [1.165, 1.54) is 10.8 Å². The van der Waals surface area contributed by atoms with E-state index in [2.05, 4.69) is 23.5 Å². The topological polar surface area (TPSA) is 38.3 Å². The molecule has 3 nitrogen and oxygen atoms in total. The fourth-order valence-corrected chi connectivity index (χ4v) is 4.02. The lowest BCUT2D eigenvalue weighted by Crippen LogP contribution is -2.28. The molecule has 0 aromatic heterocycles. The third-order valence-corrected chi connectivity index (χ3v) is 5.56. The number of benzene rings is 2. The van der Waals surface area contributed by atoms with Gasteiger partial charge in [-0.3, -0.25) is 4.79 Å². The Morgan fingerprint density at radius 3 is 2.78 bits per heavy atom. The Balaban J connectivity index is 1.45. The minimum atomic E-state index is 0.105. The van der Waals surface area contributed by atoms with Crippen molar-refractivity contribution >= 4 is 28.4 Å². The number of thioether (sulfide) groups is 1. The fourth-order valence-electron chi connectivity index (χ4n) is 2.94. The lowest BCUT2D eigenvalue weighted by molar-refractivity contribution is -0.120. The second-order valence-corrected chi connectivity index (χ2v) is 7.26. The highest BCUT2D eigenvalue weighted by Gasteiger charge is 2.13. The van der Waals surface area contributed by atoms with E-state index in [4.69, 9.17) is 4.74 Å². The summed E-state index contributed by atoms with van der Waals surface area (Å²) in [6.07, 6.45) is 2.71. The zero-order chi connectivity index (χ0) is 15.9. The van der Waals surface area contributed by atoms with Crippen LogP contribution in [0.15, 0.2) is 42.5 Å². The standard InChI is InChI=1S/C19H23NO2S/c21-19(20-10-13-23-17-8-11-22-12-9-17)14-16-6-3-5-15-4-1-2-7-18(15)16/h1-7,17H,8-14H2,(H,20,21). The maximum Gasteiger partial charge on any atom is 0.224 e. The Kier molecular flexibility index (Phi) is 5.94. The molecule has 0 radical (unpaired) electrons. The highest BCUT2D eigenvalue weighted by molar-refractivity contribution is 7.99. The third-order valence-electron chi connectivity index (χ3n) is 4.18. The summed E-state index contributed by atoms with van der Waals surface area (Å²) < 4.78 is 5.36. The molecule has 1 saturated heterocycles. The molecule has 1 fully saturated rings. The molecule has 1 heterocycles. The lowest BCUT2D eigenvalue weighted by atomic mass is 10.0. The first-order valence-corrected chi connectivity index (χ1v) is 9.30. The number of hydrogen-bond donors (Lipinski definition) is 1. The van der Waals surface area contributed by atoms with Gasteiger partial charge in [-0.2, -0.15) is 11.8 Å². The lowest BCUT2D eigenvalue weighted by Gasteiger charge is -2.21. The van der Waals surface area contributed by atoms with Crippen molar-refractivity contribution in [2.75, 3.05) is 25.5 Å². The van der Waals surface area contributed by atoms with Gasteiger partial charge in [0.15, 0.2) is 0 Å². The Bertz CT molecular complexity index is 647. The highest BCUT2D eigenvalue weighted by Crippen LogP contribution is 2.21. The Morgan fingerprint density at radius 1 is 1.13 bits per heavy atom. The van der Waals surface area contributed by atoms with Crippen LogP contribution >= 0.6 is 11.8 Å². The van der Waals surface area contributed by atoms with Crippen LogP contribution in [0.1, 0.15) is 18.4 Å². The molecule has 23 heavy (non-hydrogen) atoms. The van der Waals surface area contributed by atoms with Gasteiger partial charge in [-0.15, -0.1) is 0 Å². The summed E-state index contributed by atoms with van der Waals surface area (Å²) in [5.41, 5.74) is 1.10. The first-order chi connectivity index (χ1) is 11.3. The average molecular weight is 329 g/mol. The van der Waals surface area contributed by atoms with Crippen LogP contribution in [-0.4, -0.2) is 36.7 Å². The molecule has 0 aliphatic carbocycles. The summed E-state index contributed by atoms with van der Waals surface area (Å²) in [4.78, 5) is 12.2. The van der Waals surface area contributed by atoms with E-state index in [1.54, 1.807) is 0 Å². The van der Waals surface area contributed by atoms with E-state index < -0.39 is 0 Å². The second-order valence-electron chi connectivity index (χ2n) is 5.85. The normalized spacial score (nSPS) is 15.7. The molecular formula is C19H23NO2S. The van der Waals surface area contributed by atoms with E-state index in [0.29, 0.717) is 11.7 Å². The molecule has 1 amide bonds. The number of ether oxygens (including phenoxy) is 1. The SMILES string of the molecule is O=C(Cc1cccc2ccccc12)NCCSC1CCOCC1. The first-order valence-electron chi connectivity index (χ1n) is 8.25. The van der Waals surface area contributed by atoms with Gasteiger partial charge < -0.3 is 10.1 Å². The van der Waals surface area contributed by atoms with Gasteiger partial charge in [0.2, 0.25) is 5.91 Å². The van der Waals surface area contributed by atoms with Crippen molar-refractivity contribution in [1.82, 2.24) is 5.32 Å². The smallest absolute Gasteiger partial charge is 0.224 e. The van der Waals surface area contributed by atoms with Gasteiger partial charge in [-0.1, -0.05) is 42.5 Å². The molecule has 2 aromatic carbocycles. The van der Waals surface area contributed by atoms with Crippen molar-refractivity contribution in [1.29, 1.82) is 0 Å². The summed E-state index contributed by atoms with van der Waals surface area (Å²) in [6, 6.07) is 14.4. The van der Waals surface area contributed by atoms with Crippen molar-refractivity contribution in [2.24, 2.45) is 0 Å². The van der Waals surface area contributed by atoms with Crippen LogP contribution in [0.3, 0.4) is 0 Å². The molecule has 1 N–H and O–H groups in total. The van der Waals surface area contributed by atoms with E-state index in [1.807, 2.05) is 36.0 Å². The van der Waals surface area contributed by atoms with Crippen molar-refractivity contribution in [2.45, 2.75) is 24.5 Å². The summed E-state index contributed by atoms with van der Waals surface area (Å²) in [7, 11) is 0. The molecule has 1 aliphatic heterocycles. The van der Waals surface area contributed by atoms with Gasteiger partial charge in [0.25, 0.3) is 0 Å². The fraction of sp³-hybridized carbons (Fsp3) is 0.421. The predicted molar refractivity (Wildman–Crippen MR) is 97.0 cm³/mol. The van der Waals surface area contributed by atoms with Gasteiger partial charge in [-0.25, -0.2) is 0 Å². The summed E-state index contributed by atoms with van der Waals surface area (Å²) in [5, 5.41) is 6.09. The molecule has 0 saturated carbocycles. The monoisotopic (exact) mass is 329 g/mol. The molecule has 4 heteroatoms. The average Bonchev–Trinajstić information content (AvgIpc) is 2.60. The molecule has 0 unspecified atom stereocenters. The summed E-state index contributed by atoms with van der Waals surface area (Å²) in [5.74, 6) is 1.08. The molecule has 2 aromatic rings. The maximum absolute atomic E-state index is 12.2. The number of fused-ring (bicyclic) bond motifs is 1. The van der Waals surface area contributed by atoms with Crippen LogP contribution in [0.25, 0.3) is 10.8 Å². The van der Waals surface area contributed by atoms with Crippen LogP contribution in [0.4, 0.5) is 0 Å². The Hall–Kier alpha value is -1.52. The summed E-state index contributed by atoms with van der Waals surface area (Å²) >= 11 is 1.95. The highest BCUT2D eigenvalue weighted by atomic mass is 32.2. The molecule has 3 rings (SSSR count). The third kappa shape index (κ3) is 4.72. The van der Waals surface area contributed by atoms with Gasteiger partial charge in [0.1, 0.15) is 0 Å². The van der Waals surface area contributed by atoms with Crippen molar-refractivity contribution in [3.63, 3.8) is 0 Å². The summed E-state index contributed by atoms with van der Waals surface area (Å²) in [6.45, 7) is 2.50. The van der Waals surface area contributed by atoms with Gasteiger partial charge >= 0.3 is 0 Å². The minimum absolute atomic E-state index is 0.105. The number of amides is 1. The van der Waals surface area contributed by atoms with Crippen molar-refractivity contribution in [3.05, 3.63) is 48.0 Å². The second kappa shape index (κ2) is 8.37. The molecule has 1 aliphatic rings. The largest absolute Gasteiger partial charge is 0.381 e. The number of nitrogens with one attached hydrogen (secondary N) is 1. The zero-order valence-corrected chi connectivity index (χ0v) is 14.1. The van der Waals surface area contributed by atoms with Crippen molar-refractivity contribution < 1.29 is 9.53 Å². The number of rotatable bonds is 6. The molecule has 122 valence electrons. The Labute approximate surface area is 141 Å². The van der Waals surface area contributed by atoms with Crippen LogP contribution in [-0.2, 0) is 16.0 Å². The van der Waals surface area contributed by atoms with Gasteiger partial charge in [-0.05, 0) is 29.2 Å². The van der Waals surface area contributed by atoms with Gasteiger partial charge in [0, 0.05) is 30.8 Å². The number of hydrogen-bond acceptors (Lipinski definition) is 3. The van der Waals surface area contributed by atoms with E-state index in [-0.39, 0.29) is 5.91 Å². The number of carbonyl (C=O) groups is 1. The van der Waals surface area contributed by atoms with Crippen LogP contribution < -0.4 is 5.32 Å². The maximum atomic E-state index is 12.2. The first kappa shape index (κ1) is 16.3. The molecular weight excluding hydrogens is 306 g/mol. The Morgan fingerprint density at radius 2 is 1.91 bits per heavy atom. The van der Waals surface area contributed by atoms with Crippen LogP contribution in [0.2, 0.25) is 0 Å². The zero-order valence-electron chi connectivity index (χ0n) is 13.3. The van der Waals surface area contributed by atoms with Crippen LogP contribution in [0, 0.1) is 0 Å². The van der Waals surface area contributed by atoms with Crippen molar-refractivity contribution in [3.8, 4) is 0 Å².